The molecule has 0 bridgehead atoms. The van der Waals surface area contributed by atoms with Gasteiger partial charge in [0.05, 0.1) is 6.20 Å². The average molecular weight is 237 g/mol. The summed E-state index contributed by atoms with van der Waals surface area (Å²) in [6.45, 7) is 8.77. The van der Waals surface area contributed by atoms with Gasteiger partial charge < -0.3 is 5.32 Å². The zero-order valence-electron chi connectivity index (χ0n) is 11.6. The van der Waals surface area contributed by atoms with Gasteiger partial charge in [0.1, 0.15) is 0 Å². The van der Waals surface area contributed by atoms with Crippen molar-refractivity contribution in [1.82, 2.24) is 15.1 Å². The molecule has 1 heterocycles. The van der Waals surface area contributed by atoms with Gasteiger partial charge in [-0.2, -0.15) is 5.10 Å². The zero-order valence-corrected chi connectivity index (χ0v) is 11.6. The molecule has 0 saturated carbocycles. The van der Waals surface area contributed by atoms with E-state index in [4.69, 9.17) is 0 Å². The predicted molar refractivity (Wildman–Crippen MR) is 73.1 cm³/mol. The van der Waals surface area contributed by atoms with Gasteiger partial charge in [0.25, 0.3) is 0 Å². The first kappa shape index (κ1) is 14.2. The molecule has 0 saturated heterocycles. The second-order valence-corrected chi connectivity index (χ2v) is 4.77. The van der Waals surface area contributed by atoms with E-state index in [9.17, 15) is 0 Å². The maximum absolute atomic E-state index is 4.42. The Balaban J connectivity index is 2.31. The molecule has 17 heavy (non-hydrogen) atoms. The second-order valence-electron chi connectivity index (χ2n) is 4.77. The first-order chi connectivity index (χ1) is 8.27. The molecule has 0 amide bonds. The topological polar surface area (TPSA) is 29.9 Å². The Bertz CT molecular complexity index is 293. The van der Waals surface area contributed by atoms with Crippen molar-refractivity contribution >= 4 is 0 Å². The van der Waals surface area contributed by atoms with Gasteiger partial charge in [0.2, 0.25) is 0 Å². The summed E-state index contributed by atoms with van der Waals surface area (Å²) in [5, 5.41) is 7.90. The zero-order chi connectivity index (χ0) is 12.5. The van der Waals surface area contributed by atoms with Crippen LogP contribution >= 0.6 is 0 Å². The third-order valence-corrected chi connectivity index (χ3v) is 3.09. The molecule has 1 unspecified atom stereocenters. The van der Waals surface area contributed by atoms with Crippen LogP contribution in [0.5, 0.6) is 0 Å². The van der Waals surface area contributed by atoms with Crippen LogP contribution in [0.1, 0.15) is 64.5 Å². The molecule has 1 atom stereocenters. The Hall–Kier alpha value is -0.830. The first-order valence-corrected chi connectivity index (χ1v) is 7.03. The molecule has 1 rings (SSSR count). The maximum atomic E-state index is 4.42. The van der Waals surface area contributed by atoms with Crippen molar-refractivity contribution in [3.05, 3.63) is 18.0 Å². The minimum atomic E-state index is 0.416. The monoisotopic (exact) mass is 237 g/mol. The summed E-state index contributed by atoms with van der Waals surface area (Å²) in [5.41, 5.74) is 1.30. The Kier molecular flexibility index (Phi) is 6.94. The fraction of sp³-hybridized carbons (Fsp3) is 0.786. The van der Waals surface area contributed by atoms with Gasteiger partial charge in [-0.15, -0.1) is 0 Å². The summed E-state index contributed by atoms with van der Waals surface area (Å²) >= 11 is 0. The normalized spacial score (nSPS) is 12.9. The van der Waals surface area contributed by atoms with Gasteiger partial charge in [0, 0.05) is 24.3 Å². The molecule has 1 aromatic heterocycles. The van der Waals surface area contributed by atoms with Crippen molar-refractivity contribution in [2.75, 3.05) is 6.54 Å². The number of aryl methyl sites for hydroxylation is 1. The number of rotatable bonds is 9. The second kappa shape index (κ2) is 8.29. The van der Waals surface area contributed by atoms with E-state index in [1.54, 1.807) is 0 Å². The third-order valence-electron chi connectivity index (χ3n) is 3.09. The smallest absolute Gasteiger partial charge is 0.0537 e. The molecule has 3 nitrogen and oxygen atoms in total. The summed E-state index contributed by atoms with van der Waals surface area (Å²) in [7, 11) is 0. The van der Waals surface area contributed by atoms with Gasteiger partial charge in [-0.05, 0) is 26.3 Å². The van der Waals surface area contributed by atoms with Crippen molar-refractivity contribution in [2.45, 2.75) is 65.5 Å². The first-order valence-electron chi connectivity index (χ1n) is 7.03. The fourth-order valence-electron chi connectivity index (χ4n) is 1.90. The predicted octanol–water partition coefficient (Wildman–Crippen LogP) is 3.52. The summed E-state index contributed by atoms with van der Waals surface area (Å²) in [5.74, 6) is 0. The van der Waals surface area contributed by atoms with E-state index in [2.05, 4.69) is 42.1 Å². The molecule has 98 valence electrons. The highest BCUT2D eigenvalue weighted by Gasteiger charge is 2.06. The van der Waals surface area contributed by atoms with Crippen LogP contribution in [0, 0.1) is 0 Å². The molecule has 0 spiro atoms. The van der Waals surface area contributed by atoms with E-state index in [0.717, 1.165) is 13.1 Å². The number of nitrogens with zero attached hydrogens (tertiary/aromatic N) is 2. The van der Waals surface area contributed by atoms with Crippen LogP contribution in [0.3, 0.4) is 0 Å². The fourth-order valence-corrected chi connectivity index (χ4v) is 1.90. The number of hydrogen-bond acceptors (Lipinski definition) is 2. The molecule has 0 fully saturated rings. The van der Waals surface area contributed by atoms with Gasteiger partial charge in [-0.3, -0.25) is 4.68 Å². The molecule has 1 N–H and O–H groups in total. The van der Waals surface area contributed by atoms with Crippen LogP contribution in [0.4, 0.5) is 0 Å². The summed E-state index contributed by atoms with van der Waals surface area (Å²) in [4.78, 5) is 0. The minimum Gasteiger partial charge on any atom is -0.310 e. The summed E-state index contributed by atoms with van der Waals surface area (Å²) in [6.07, 6.45) is 10.5. The van der Waals surface area contributed by atoms with Crippen LogP contribution in [-0.2, 0) is 6.54 Å². The number of hydrogen-bond donors (Lipinski definition) is 1. The molecule has 0 aliphatic carbocycles. The number of nitrogens with one attached hydrogen (secondary N) is 1. The molecular formula is C14H27N3. The maximum Gasteiger partial charge on any atom is 0.0537 e. The van der Waals surface area contributed by atoms with Crippen molar-refractivity contribution in [3.8, 4) is 0 Å². The van der Waals surface area contributed by atoms with Crippen molar-refractivity contribution in [1.29, 1.82) is 0 Å². The van der Waals surface area contributed by atoms with Gasteiger partial charge >= 0.3 is 0 Å². The van der Waals surface area contributed by atoms with Crippen molar-refractivity contribution < 1.29 is 0 Å². The third kappa shape index (κ3) is 5.35. The quantitative estimate of drug-likeness (QED) is 0.666. The van der Waals surface area contributed by atoms with E-state index in [1.165, 1.54) is 37.7 Å². The van der Waals surface area contributed by atoms with Crippen molar-refractivity contribution in [2.24, 2.45) is 0 Å². The lowest BCUT2D eigenvalue weighted by Gasteiger charge is -2.10. The molecular weight excluding hydrogens is 210 g/mol. The molecule has 3 heteroatoms. The van der Waals surface area contributed by atoms with Gasteiger partial charge in [-0.25, -0.2) is 0 Å². The molecule has 1 aromatic rings. The standard InChI is InChI=1S/C14H27N3/c1-4-6-7-8-10-17-12-14(11-16-17)13(3)15-9-5-2/h11-13,15H,4-10H2,1-3H3. The average Bonchev–Trinajstić information content (AvgIpc) is 2.80. The highest BCUT2D eigenvalue weighted by molar-refractivity contribution is 5.09. The van der Waals surface area contributed by atoms with Crippen LogP contribution in [0.15, 0.2) is 12.4 Å². The molecule has 0 aliphatic heterocycles. The molecule has 0 aromatic carbocycles. The van der Waals surface area contributed by atoms with Crippen LogP contribution in [-0.4, -0.2) is 16.3 Å². The van der Waals surface area contributed by atoms with E-state index < -0.39 is 0 Å². The van der Waals surface area contributed by atoms with E-state index >= 15 is 0 Å². The van der Waals surface area contributed by atoms with E-state index in [1.807, 2.05) is 6.20 Å². The Morgan fingerprint density at radius 3 is 2.76 bits per heavy atom. The lowest BCUT2D eigenvalue weighted by atomic mass is 10.2. The SMILES string of the molecule is CCCCCCn1cc(C(C)NCCC)cn1. The summed E-state index contributed by atoms with van der Waals surface area (Å²) < 4.78 is 2.08. The highest BCUT2D eigenvalue weighted by atomic mass is 15.3. The minimum absolute atomic E-state index is 0.416. The largest absolute Gasteiger partial charge is 0.310 e. The number of aromatic nitrogens is 2. The van der Waals surface area contributed by atoms with Crippen LogP contribution in [0.2, 0.25) is 0 Å². The Labute approximate surface area is 106 Å². The summed E-state index contributed by atoms with van der Waals surface area (Å²) in [6, 6.07) is 0.416. The lowest BCUT2D eigenvalue weighted by Crippen LogP contribution is -2.18. The van der Waals surface area contributed by atoms with Gasteiger partial charge in [0.15, 0.2) is 0 Å². The Morgan fingerprint density at radius 1 is 1.24 bits per heavy atom. The van der Waals surface area contributed by atoms with E-state index in [-0.39, 0.29) is 0 Å². The molecule has 0 radical (unpaired) electrons. The lowest BCUT2D eigenvalue weighted by molar-refractivity contribution is 0.538. The van der Waals surface area contributed by atoms with Crippen molar-refractivity contribution in [3.63, 3.8) is 0 Å². The molecule has 0 aliphatic rings. The van der Waals surface area contributed by atoms with Crippen LogP contribution < -0.4 is 5.32 Å². The highest BCUT2D eigenvalue weighted by Crippen LogP contribution is 2.11. The Morgan fingerprint density at radius 2 is 2.06 bits per heavy atom. The van der Waals surface area contributed by atoms with Gasteiger partial charge in [-0.1, -0.05) is 33.1 Å². The van der Waals surface area contributed by atoms with Crippen LogP contribution in [0.25, 0.3) is 0 Å². The van der Waals surface area contributed by atoms with E-state index in [0.29, 0.717) is 6.04 Å². The number of unbranched alkanes of at least 4 members (excludes halogenated alkanes) is 3.